The predicted octanol–water partition coefficient (Wildman–Crippen LogP) is 3.75. The highest BCUT2D eigenvalue weighted by Gasteiger charge is 2.26. The molecule has 1 heterocycles. The molecule has 0 spiro atoms. The number of rotatable bonds is 7. The van der Waals surface area contributed by atoms with E-state index < -0.39 is 10.0 Å². The molecule has 1 atom stereocenters. The Labute approximate surface area is 172 Å². The highest BCUT2D eigenvalue weighted by Crippen LogP contribution is 2.23. The number of carbonyl (C=O) groups is 1. The molecule has 0 aromatic heterocycles. The Bertz CT molecular complexity index is 918. The van der Waals surface area contributed by atoms with Crippen LogP contribution in [0.1, 0.15) is 54.6 Å². The predicted molar refractivity (Wildman–Crippen MR) is 113 cm³/mol. The van der Waals surface area contributed by atoms with Gasteiger partial charge >= 0.3 is 0 Å². The molecule has 6 nitrogen and oxygen atoms in total. The molecule has 1 amide bonds. The van der Waals surface area contributed by atoms with Crippen LogP contribution in [0.4, 0.5) is 0 Å². The number of hydrogen-bond acceptors (Lipinski definition) is 4. The Morgan fingerprint density at radius 3 is 2.21 bits per heavy atom. The smallest absolute Gasteiger partial charge is 0.251 e. The zero-order valence-electron chi connectivity index (χ0n) is 16.9. The van der Waals surface area contributed by atoms with Crippen LogP contribution in [0.15, 0.2) is 53.4 Å². The number of sulfonamides is 1. The van der Waals surface area contributed by atoms with Crippen LogP contribution in [0, 0.1) is 0 Å². The van der Waals surface area contributed by atoms with Crippen molar-refractivity contribution in [3.8, 4) is 5.75 Å². The van der Waals surface area contributed by atoms with Gasteiger partial charge in [0, 0.05) is 18.7 Å². The lowest BCUT2D eigenvalue weighted by atomic mass is 10.0. The third-order valence-electron chi connectivity index (χ3n) is 5.30. The van der Waals surface area contributed by atoms with Crippen LogP contribution in [0.25, 0.3) is 0 Å². The lowest BCUT2D eigenvalue weighted by Crippen LogP contribution is -2.35. The van der Waals surface area contributed by atoms with Gasteiger partial charge in [0.2, 0.25) is 10.0 Å². The van der Waals surface area contributed by atoms with Crippen molar-refractivity contribution in [3.63, 3.8) is 0 Å². The first kappa shape index (κ1) is 21.3. The lowest BCUT2D eigenvalue weighted by Gasteiger charge is -2.25. The first-order valence-electron chi connectivity index (χ1n) is 10.0. The quantitative estimate of drug-likeness (QED) is 0.746. The van der Waals surface area contributed by atoms with Gasteiger partial charge in [-0.05, 0) is 61.2 Å². The second-order valence-corrected chi connectivity index (χ2v) is 9.13. The van der Waals surface area contributed by atoms with Crippen LogP contribution in [-0.2, 0) is 10.0 Å². The van der Waals surface area contributed by atoms with Gasteiger partial charge in [-0.2, -0.15) is 4.31 Å². The number of nitrogens with one attached hydrogen (secondary N) is 1. The fraction of sp³-hybridized carbons (Fsp3) is 0.409. The molecular formula is C22H28N2O4S. The van der Waals surface area contributed by atoms with E-state index >= 15 is 0 Å². The van der Waals surface area contributed by atoms with Crippen LogP contribution in [0.5, 0.6) is 5.75 Å². The highest BCUT2D eigenvalue weighted by molar-refractivity contribution is 7.89. The van der Waals surface area contributed by atoms with E-state index in [2.05, 4.69) is 5.32 Å². The van der Waals surface area contributed by atoms with Crippen molar-refractivity contribution in [2.45, 2.75) is 43.5 Å². The largest absolute Gasteiger partial charge is 0.497 e. The molecule has 156 valence electrons. The summed E-state index contributed by atoms with van der Waals surface area (Å²) in [6, 6.07) is 13.7. The minimum atomic E-state index is -3.49. The van der Waals surface area contributed by atoms with Crippen LogP contribution in [0.2, 0.25) is 0 Å². The van der Waals surface area contributed by atoms with Crippen LogP contribution in [0.3, 0.4) is 0 Å². The van der Waals surface area contributed by atoms with Gasteiger partial charge in [0.25, 0.3) is 5.91 Å². The van der Waals surface area contributed by atoms with Gasteiger partial charge in [-0.15, -0.1) is 0 Å². The third-order valence-corrected chi connectivity index (χ3v) is 7.21. The zero-order valence-corrected chi connectivity index (χ0v) is 17.7. The van der Waals surface area contributed by atoms with Gasteiger partial charge < -0.3 is 10.1 Å². The Morgan fingerprint density at radius 2 is 1.66 bits per heavy atom. The van der Waals surface area contributed by atoms with Crippen LogP contribution in [-0.4, -0.2) is 38.8 Å². The number of benzene rings is 2. The molecule has 0 saturated carbocycles. The molecule has 3 rings (SSSR count). The number of hydrogen-bond donors (Lipinski definition) is 1. The highest BCUT2D eigenvalue weighted by atomic mass is 32.2. The summed E-state index contributed by atoms with van der Waals surface area (Å²) in [6.45, 7) is 3.12. The molecule has 0 unspecified atom stereocenters. The topological polar surface area (TPSA) is 75.7 Å². The molecule has 2 aromatic carbocycles. The SMILES string of the molecule is CC[C@H](NC(=O)c1ccc(S(=O)(=O)N2CCCCC2)cc1)c1ccc(OC)cc1. The van der Waals surface area contributed by atoms with Crippen molar-refractivity contribution in [2.75, 3.05) is 20.2 Å². The first-order valence-corrected chi connectivity index (χ1v) is 11.4. The second kappa shape index (κ2) is 9.41. The van der Waals surface area contributed by atoms with Crippen molar-refractivity contribution in [3.05, 3.63) is 59.7 Å². The van der Waals surface area contributed by atoms with Gasteiger partial charge in [0.1, 0.15) is 5.75 Å². The molecule has 0 aliphatic carbocycles. The number of ether oxygens (including phenoxy) is 1. The molecule has 2 aromatic rings. The minimum absolute atomic E-state index is 0.134. The van der Waals surface area contributed by atoms with Crippen molar-refractivity contribution < 1.29 is 17.9 Å². The average molecular weight is 417 g/mol. The number of nitrogens with zero attached hydrogens (tertiary/aromatic N) is 1. The Kier molecular flexibility index (Phi) is 6.92. The number of amides is 1. The molecule has 1 saturated heterocycles. The minimum Gasteiger partial charge on any atom is -0.497 e. The van der Waals surface area contributed by atoms with Gasteiger partial charge in [-0.25, -0.2) is 8.42 Å². The summed E-state index contributed by atoms with van der Waals surface area (Å²) in [6.07, 6.45) is 3.59. The van der Waals surface area contributed by atoms with Crippen molar-refractivity contribution in [2.24, 2.45) is 0 Å². The van der Waals surface area contributed by atoms with Gasteiger partial charge in [-0.1, -0.05) is 25.5 Å². The van der Waals surface area contributed by atoms with E-state index in [9.17, 15) is 13.2 Å². The van der Waals surface area contributed by atoms with Gasteiger partial charge in [0.15, 0.2) is 0 Å². The molecule has 29 heavy (non-hydrogen) atoms. The molecule has 1 fully saturated rings. The maximum Gasteiger partial charge on any atom is 0.251 e. The maximum absolute atomic E-state index is 12.7. The van der Waals surface area contributed by atoms with E-state index in [0.717, 1.165) is 37.0 Å². The van der Waals surface area contributed by atoms with Crippen molar-refractivity contribution >= 4 is 15.9 Å². The summed E-state index contributed by atoms with van der Waals surface area (Å²) in [5, 5.41) is 3.02. The third kappa shape index (κ3) is 4.97. The Morgan fingerprint density at radius 1 is 1.03 bits per heavy atom. The Hall–Kier alpha value is -2.38. The fourth-order valence-electron chi connectivity index (χ4n) is 3.53. The molecule has 0 radical (unpaired) electrons. The molecule has 1 aliphatic heterocycles. The number of methoxy groups -OCH3 is 1. The van der Waals surface area contributed by atoms with E-state index in [1.807, 2.05) is 31.2 Å². The first-order chi connectivity index (χ1) is 14.0. The fourth-order valence-corrected chi connectivity index (χ4v) is 5.05. The normalized spacial score (nSPS) is 16.2. The standard InChI is InChI=1S/C22H28N2O4S/c1-3-21(17-7-11-19(28-2)12-8-17)23-22(25)18-9-13-20(14-10-18)29(26,27)24-15-5-4-6-16-24/h7-14,21H,3-6,15-16H2,1-2H3,(H,23,25)/t21-/m0/s1. The summed E-state index contributed by atoms with van der Waals surface area (Å²) in [4.78, 5) is 12.9. The zero-order chi connectivity index (χ0) is 20.9. The summed E-state index contributed by atoms with van der Waals surface area (Å²) in [5.41, 5.74) is 1.43. The summed E-state index contributed by atoms with van der Waals surface area (Å²) in [5.74, 6) is 0.537. The van der Waals surface area contributed by atoms with Crippen LogP contribution < -0.4 is 10.1 Å². The Balaban J connectivity index is 1.70. The number of carbonyl (C=O) groups excluding carboxylic acids is 1. The summed E-state index contributed by atoms with van der Waals surface area (Å²) >= 11 is 0. The molecule has 7 heteroatoms. The molecule has 1 N–H and O–H groups in total. The average Bonchev–Trinajstić information content (AvgIpc) is 2.78. The number of piperidine rings is 1. The summed E-state index contributed by atoms with van der Waals surface area (Å²) in [7, 11) is -1.88. The van der Waals surface area contributed by atoms with E-state index in [1.165, 1.54) is 16.4 Å². The second-order valence-electron chi connectivity index (χ2n) is 7.20. The van der Waals surface area contributed by atoms with Crippen molar-refractivity contribution in [1.82, 2.24) is 9.62 Å². The van der Waals surface area contributed by atoms with E-state index in [-0.39, 0.29) is 16.8 Å². The van der Waals surface area contributed by atoms with E-state index in [0.29, 0.717) is 18.7 Å². The monoisotopic (exact) mass is 416 g/mol. The van der Waals surface area contributed by atoms with E-state index in [4.69, 9.17) is 4.74 Å². The molecule has 0 bridgehead atoms. The van der Waals surface area contributed by atoms with Crippen molar-refractivity contribution in [1.29, 1.82) is 0 Å². The van der Waals surface area contributed by atoms with Gasteiger partial charge in [-0.3, -0.25) is 4.79 Å². The van der Waals surface area contributed by atoms with Gasteiger partial charge in [0.05, 0.1) is 18.0 Å². The lowest BCUT2D eigenvalue weighted by molar-refractivity contribution is 0.0935. The van der Waals surface area contributed by atoms with Crippen LogP contribution >= 0.6 is 0 Å². The maximum atomic E-state index is 12.7. The summed E-state index contributed by atoms with van der Waals surface area (Å²) < 4.78 is 32.2. The molecule has 1 aliphatic rings. The van der Waals surface area contributed by atoms with E-state index in [1.54, 1.807) is 19.2 Å². The molecular weight excluding hydrogens is 388 g/mol.